The molecule has 1 aromatic heterocycles. The first-order chi connectivity index (χ1) is 13.0. The van der Waals surface area contributed by atoms with Gasteiger partial charge >= 0.3 is 0 Å². The summed E-state index contributed by atoms with van der Waals surface area (Å²) in [5, 5.41) is 4.66. The second-order valence-corrected chi connectivity index (χ2v) is 7.25. The maximum atomic E-state index is 12.7. The molecular weight excluding hydrogens is 364 g/mol. The minimum Gasteiger partial charge on any atom is -0.378 e. The average Bonchev–Trinajstić information content (AvgIpc) is 3.10. The molecule has 0 aliphatic carbocycles. The summed E-state index contributed by atoms with van der Waals surface area (Å²) in [7, 11) is 3.91. The van der Waals surface area contributed by atoms with Gasteiger partial charge in [-0.15, -0.1) is 0 Å². The highest BCUT2D eigenvalue weighted by atomic mass is 35.5. The Morgan fingerprint density at radius 2 is 1.96 bits per heavy atom. The molecule has 138 valence electrons. The van der Waals surface area contributed by atoms with Crippen molar-refractivity contribution in [2.24, 2.45) is 0 Å². The van der Waals surface area contributed by atoms with Gasteiger partial charge in [0.05, 0.1) is 5.92 Å². The quantitative estimate of drug-likeness (QED) is 0.688. The first-order valence-corrected chi connectivity index (χ1v) is 9.05. The van der Waals surface area contributed by atoms with E-state index in [1.165, 1.54) is 0 Å². The highest BCUT2D eigenvalue weighted by Crippen LogP contribution is 2.29. The molecule has 1 fully saturated rings. The maximum Gasteiger partial charge on any atom is 0.253 e. The van der Waals surface area contributed by atoms with Gasteiger partial charge in [0.1, 0.15) is 0 Å². The molecule has 6 nitrogen and oxygen atoms in total. The lowest BCUT2D eigenvalue weighted by Gasteiger charge is -2.37. The van der Waals surface area contributed by atoms with Crippen LogP contribution in [0.4, 0.5) is 5.69 Å². The molecule has 0 unspecified atom stereocenters. The lowest BCUT2D eigenvalue weighted by atomic mass is 9.98. The van der Waals surface area contributed by atoms with Gasteiger partial charge in [0, 0.05) is 49.0 Å². The summed E-state index contributed by atoms with van der Waals surface area (Å²) in [5.74, 6) is 1.14. The topological polar surface area (TPSA) is 62.5 Å². The van der Waals surface area contributed by atoms with Crippen LogP contribution in [0.15, 0.2) is 53.1 Å². The van der Waals surface area contributed by atoms with E-state index in [4.69, 9.17) is 16.1 Å². The van der Waals surface area contributed by atoms with Crippen LogP contribution in [0.25, 0.3) is 11.4 Å². The Kier molecular flexibility index (Phi) is 4.58. The molecule has 2 aromatic carbocycles. The first-order valence-electron chi connectivity index (χ1n) is 8.67. The van der Waals surface area contributed by atoms with Crippen molar-refractivity contribution in [3.8, 4) is 11.4 Å². The van der Waals surface area contributed by atoms with Crippen LogP contribution >= 0.6 is 11.6 Å². The predicted octanol–water partition coefficient (Wildman–Crippen LogP) is 3.70. The molecule has 1 saturated heterocycles. The van der Waals surface area contributed by atoms with Crippen molar-refractivity contribution in [2.75, 3.05) is 32.1 Å². The summed E-state index contributed by atoms with van der Waals surface area (Å²) in [6.07, 6.45) is 0. The van der Waals surface area contributed by atoms with E-state index < -0.39 is 0 Å². The van der Waals surface area contributed by atoms with Gasteiger partial charge in [0.15, 0.2) is 0 Å². The molecular formula is C20H19ClN4O2. The van der Waals surface area contributed by atoms with Gasteiger partial charge in [-0.05, 0) is 30.3 Å². The van der Waals surface area contributed by atoms with Crippen molar-refractivity contribution in [3.63, 3.8) is 0 Å². The number of hydrogen-bond acceptors (Lipinski definition) is 5. The molecule has 3 aromatic rings. The molecule has 1 amide bonds. The number of rotatable bonds is 4. The number of anilines is 1. The highest BCUT2D eigenvalue weighted by Gasteiger charge is 2.36. The van der Waals surface area contributed by atoms with Gasteiger partial charge in [0.25, 0.3) is 5.91 Å². The van der Waals surface area contributed by atoms with Gasteiger partial charge in [-0.2, -0.15) is 4.98 Å². The third-order valence-corrected chi connectivity index (χ3v) is 4.89. The van der Waals surface area contributed by atoms with E-state index >= 15 is 0 Å². The number of carbonyl (C=O) groups excluding carboxylic acids is 1. The Morgan fingerprint density at radius 1 is 1.19 bits per heavy atom. The van der Waals surface area contributed by atoms with Crippen molar-refractivity contribution in [3.05, 3.63) is 65.0 Å². The van der Waals surface area contributed by atoms with Crippen LogP contribution in [-0.2, 0) is 0 Å². The lowest BCUT2D eigenvalue weighted by Crippen LogP contribution is -2.48. The molecule has 7 heteroatoms. The van der Waals surface area contributed by atoms with Crippen molar-refractivity contribution < 1.29 is 9.32 Å². The van der Waals surface area contributed by atoms with E-state index in [1.807, 2.05) is 55.4 Å². The summed E-state index contributed by atoms with van der Waals surface area (Å²) in [5.41, 5.74) is 2.50. The van der Waals surface area contributed by atoms with Crippen LogP contribution in [0, 0.1) is 0 Å². The Bertz CT molecular complexity index is 979. The second-order valence-electron chi connectivity index (χ2n) is 6.82. The standard InChI is InChI=1S/C20H19ClN4O2/c1-24(2)17-8-4-6-14(10-17)20(26)25-11-15(12-25)19-22-18(23-27-19)13-5-3-7-16(21)9-13/h3-10,15H,11-12H2,1-2H3. The second kappa shape index (κ2) is 7.04. The largest absolute Gasteiger partial charge is 0.378 e. The van der Waals surface area contributed by atoms with Crippen LogP contribution in [0.1, 0.15) is 22.2 Å². The zero-order valence-corrected chi connectivity index (χ0v) is 15.8. The Balaban J connectivity index is 1.42. The molecule has 1 aliphatic rings. The summed E-state index contributed by atoms with van der Waals surface area (Å²) < 4.78 is 5.40. The molecule has 0 bridgehead atoms. The summed E-state index contributed by atoms with van der Waals surface area (Å²) >= 11 is 6.01. The van der Waals surface area contributed by atoms with Gasteiger partial charge in [-0.3, -0.25) is 4.79 Å². The SMILES string of the molecule is CN(C)c1cccc(C(=O)N2CC(c3nc(-c4cccc(Cl)c4)no3)C2)c1. The van der Waals surface area contributed by atoms with Crippen LogP contribution in [0.3, 0.4) is 0 Å². The fourth-order valence-electron chi connectivity index (χ4n) is 3.05. The van der Waals surface area contributed by atoms with Gasteiger partial charge in [0.2, 0.25) is 11.7 Å². The van der Waals surface area contributed by atoms with E-state index in [0.717, 1.165) is 11.3 Å². The van der Waals surface area contributed by atoms with E-state index in [9.17, 15) is 4.79 Å². The predicted molar refractivity (Wildman–Crippen MR) is 104 cm³/mol. The zero-order chi connectivity index (χ0) is 19.0. The Hall–Kier alpha value is -2.86. The summed E-state index contributed by atoms with van der Waals surface area (Å²) in [4.78, 5) is 20.9. The Morgan fingerprint density at radius 3 is 2.70 bits per heavy atom. The highest BCUT2D eigenvalue weighted by molar-refractivity contribution is 6.30. The number of amides is 1. The molecule has 0 spiro atoms. The maximum absolute atomic E-state index is 12.7. The van der Waals surface area contributed by atoms with Gasteiger partial charge in [-0.25, -0.2) is 0 Å². The van der Waals surface area contributed by atoms with E-state index in [-0.39, 0.29) is 11.8 Å². The summed E-state index contributed by atoms with van der Waals surface area (Å²) in [6, 6.07) is 14.9. The van der Waals surface area contributed by atoms with E-state index in [2.05, 4.69) is 10.1 Å². The monoisotopic (exact) mass is 382 g/mol. The molecule has 0 N–H and O–H groups in total. The molecule has 4 rings (SSSR count). The van der Waals surface area contributed by atoms with Crippen LogP contribution in [0.5, 0.6) is 0 Å². The Labute approximate surface area is 162 Å². The molecule has 0 saturated carbocycles. The molecule has 2 heterocycles. The number of hydrogen-bond donors (Lipinski definition) is 0. The van der Waals surface area contributed by atoms with E-state index in [1.54, 1.807) is 17.0 Å². The molecule has 1 aliphatic heterocycles. The third-order valence-electron chi connectivity index (χ3n) is 4.65. The number of aromatic nitrogens is 2. The molecule has 0 atom stereocenters. The van der Waals surface area contributed by atoms with Crippen LogP contribution < -0.4 is 4.90 Å². The van der Waals surface area contributed by atoms with Crippen molar-refractivity contribution in [2.45, 2.75) is 5.92 Å². The fraction of sp³-hybridized carbons (Fsp3) is 0.250. The lowest BCUT2D eigenvalue weighted by molar-refractivity contribution is 0.0569. The number of benzene rings is 2. The smallest absolute Gasteiger partial charge is 0.253 e. The van der Waals surface area contributed by atoms with Gasteiger partial charge in [-0.1, -0.05) is 35.0 Å². The zero-order valence-electron chi connectivity index (χ0n) is 15.1. The third kappa shape index (κ3) is 3.53. The number of halogens is 1. The summed E-state index contributed by atoms with van der Waals surface area (Å²) in [6.45, 7) is 1.14. The number of likely N-dealkylation sites (tertiary alicyclic amines) is 1. The number of carbonyl (C=O) groups is 1. The molecule has 0 radical (unpaired) electrons. The van der Waals surface area contributed by atoms with Crippen LogP contribution in [-0.4, -0.2) is 48.1 Å². The molecule has 27 heavy (non-hydrogen) atoms. The fourth-order valence-corrected chi connectivity index (χ4v) is 3.24. The van der Waals surface area contributed by atoms with Crippen molar-refractivity contribution in [1.29, 1.82) is 0 Å². The van der Waals surface area contributed by atoms with Crippen molar-refractivity contribution in [1.82, 2.24) is 15.0 Å². The average molecular weight is 383 g/mol. The van der Waals surface area contributed by atoms with Crippen LogP contribution in [0.2, 0.25) is 5.02 Å². The van der Waals surface area contributed by atoms with Crippen molar-refractivity contribution >= 4 is 23.2 Å². The van der Waals surface area contributed by atoms with E-state index in [0.29, 0.717) is 35.4 Å². The minimum absolute atomic E-state index is 0.0181. The normalized spacial score (nSPS) is 14.1. The first kappa shape index (κ1) is 17.5. The minimum atomic E-state index is 0.0181. The van der Waals surface area contributed by atoms with Gasteiger partial charge < -0.3 is 14.3 Å². The number of nitrogens with zero attached hydrogens (tertiary/aromatic N) is 4.